The second-order valence-corrected chi connectivity index (χ2v) is 5.54. The Kier molecular flexibility index (Phi) is 5.82. The largest absolute Gasteiger partial charge is 0.478 e. The fourth-order valence-electron chi connectivity index (χ4n) is 1.90. The zero-order chi connectivity index (χ0) is 15.3. The van der Waals surface area contributed by atoms with E-state index in [1.807, 2.05) is 6.92 Å². The molecule has 0 radical (unpaired) electrons. The Balaban J connectivity index is 2.70. The molecule has 2 amide bonds. The van der Waals surface area contributed by atoms with Crippen LogP contribution in [0.1, 0.15) is 37.6 Å². The van der Waals surface area contributed by atoms with Crippen LogP contribution in [-0.2, 0) is 0 Å². The number of nitrogens with one attached hydrogen (secondary N) is 2. The average Bonchev–Trinajstić information content (AvgIpc) is 2.30. The van der Waals surface area contributed by atoms with Gasteiger partial charge in [0.05, 0.1) is 16.3 Å². The number of carbonyl (C=O) groups is 2. The monoisotopic (exact) mass is 298 g/mol. The highest BCUT2D eigenvalue weighted by Crippen LogP contribution is 2.23. The molecule has 0 saturated carbocycles. The number of aromatic carboxylic acids is 1. The second-order valence-electron chi connectivity index (χ2n) is 5.13. The summed E-state index contributed by atoms with van der Waals surface area (Å²) in [4.78, 5) is 22.7. The Morgan fingerprint density at radius 1 is 1.30 bits per heavy atom. The molecule has 3 N–H and O–H groups in total. The zero-order valence-electron chi connectivity index (χ0n) is 11.7. The minimum absolute atomic E-state index is 0.0245. The molecular weight excluding hydrogens is 280 g/mol. The van der Waals surface area contributed by atoms with Crippen molar-refractivity contribution >= 4 is 29.3 Å². The molecule has 110 valence electrons. The lowest BCUT2D eigenvalue weighted by atomic mass is 10.1. The first-order valence-corrected chi connectivity index (χ1v) is 6.77. The summed E-state index contributed by atoms with van der Waals surface area (Å²) in [7, 11) is 0. The maximum atomic E-state index is 11.8. The van der Waals surface area contributed by atoms with Crippen molar-refractivity contribution in [2.24, 2.45) is 5.92 Å². The number of benzene rings is 1. The highest BCUT2D eigenvalue weighted by atomic mass is 35.5. The summed E-state index contributed by atoms with van der Waals surface area (Å²) in [5, 5.41) is 14.5. The molecule has 1 aromatic rings. The number of carboxylic acids is 1. The molecule has 20 heavy (non-hydrogen) atoms. The Bertz CT molecular complexity index is 503. The van der Waals surface area contributed by atoms with Crippen molar-refractivity contribution in [2.75, 3.05) is 5.32 Å². The molecule has 0 aliphatic heterocycles. The number of rotatable bonds is 5. The summed E-state index contributed by atoms with van der Waals surface area (Å²) in [6, 6.07) is 3.78. The highest BCUT2D eigenvalue weighted by molar-refractivity contribution is 6.33. The van der Waals surface area contributed by atoms with Gasteiger partial charge in [0.2, 0.25) is 0 Å². The molecule has 0 aliphatic carbocycles. The summed E-state index contributed by atoms with van der Waals surface area (Å²) in [6.07, 6.45) is 0.857. The molecule has 1 unspecified atom stereocenters. The number of amides is 2. The fourth-order valence-corrected chi connectivity index (χ4v) is 2.07. The molecule has 0 spiro atoms. The van der Waals surface area contributed by atoms with Crippen LogP contribution in [0, 0.1) is 5.92 Å². The molecule has 0 aliphatic rings. The van der Waals surface area contributed by atoms with E-state index in [1.165, 1.54) is 18.2 Å². The second kappa shape index (κ2) is 7.14. The minimum atomic E-state index is -1.07. The maximum absolute atomic E-state index is 11.8. The van der Waals surface area contributed by atoms with Crippen molar-refractivity contribution in [3.63, 3.8) is 0 Å². The molecule has 0 aromatic heterocycles. The highest BCUT2D eigenvalue weighted by Gasteiger charge is 2.12. The van der Waals surface area contributed by atoms with Gasteiger partial charge in [0.1, 0.15) is 0 Å². The van der Waals surface area contributed by atoms with Crippen LogP contribution in [0.25, 0.3) is 0 Å². The molecule has 1 rings (SSSR count). The van der Waals surface area contributed by atoms with Gasteiger partial charge in [-0.2, -0.15) is 0 Å². The van der Waals surface area contributed by atoms with E-state index >= 15 is 0 Å². The predicted octanol–water partition coefficient (Wildman–Crippen LogP) is 3.59. The zero-order valence-corrected chi connectivity index (χ0v) is 12.5. The smallest absolute Gasteiger partial charge is 0.335 e. The molecule has 6 heteroatoms. The molecule has 0 bridgehead atoms. The number of urea groups is 1. The predicted molar refractivity (Wildman–Crippen MR) is 79.5 cm³/mol. The van der Waals surface area contributed by atoms with Gasteiger partial charge in [-0.3, -0.25) is 0 Å². The molecule has 0 saturated heterocycles. The van der Waals surface area contributed by atoms with Crippen molar-refractivity contribution in [3.05, 3.63) is 28.8 Å². The normalized spacial score (nSPS) is 12.1. The van der Waals surface area contributed by atoms with Crippen molar-refractivity contribution in [3.8, 4) is 0 Å². The average molecular weight is 299 g/mol. The number of halogens is 1. The van der Waals surface area contributed by atoms with Crippen LogP contribution in [0.15, 0.2) is 18.2 Å². The number of hydrogen-bond acceptors (Lipinski definition) is 2. The summed E-state index contributed by atoms with van der Waals surface area (Å²) in [6.45, 7) is 6.06. The van der Waals surface area contributed by atoms with Gasteiger partial charge in [-0.25, -0.2) is 9.59 Å². The Morgan fingerprint density at radius 2 is 1.95 bits per heavy atom. The van der Waals surface area contributed by atoms with Crippen molar-refractivity contribution < 1.29 is 14.7 Å². The Hall–Kier alpha value is -1.75. The van der Waals surface area contributed by atoms with E-state index in [2.05, 4.69) is 24.5 Å². The topological polar surface area (TPSA) is 78.4 Å². The van der Waals surface area contributed by atoms with Crippen molar-refractivity contribution in [2.45, 2.75) is 33.2 Å². The van der Waals surface area contributed by atoms with Crippen molar-refractivity contribution in [1.29, 1.82) is 0 Å². The number of hydrogen-bond donors (Lipinski definition) is 3. The Labute approximate surface area is 123 Å². The SMILES string of the molecule is CC(C)CC(C)NC(=O)Nc1cc(C(=O)O)ccc1Cl. The maximum Gasteiger partial charge on any atom is 0.335 e. The summed E-state index contributed by atoms with van der Waals surface area (Å²) < 4.78 is 0. The summed E-state index contributed by atoms with van der Waals surface area (Å²) >= 11 is 5.93. The summed E-state index contributed by atoms with van der Waals surface area (Å²) in [5.74, 6) is -0.595. The van der Waals surface area contributed by atoms with E-state index in [0.29, 0.717) is 10.9 Å². The molecule has 0 fully saturated rings. The van der Waals surface area contributed by atoms with Crippen LogP contribution in [0.2, 0.25) is 5.02 Å². The van der Waals surface area contributed by atoms with Gasteiger partial charge < -0.3 is 15.7 Å². The third-order valence-electron chi connectivity index (χ3n) is 2.66. The third kappa shape index (κ3) is 5.09. The number of carboxylic acid groups (broad SMARTS) is 1. The molecule has 1 atom stereocenters. The standard InChI is InChI=1S/C14H19ClN2O3/c1-8(2)6-9(3)16-14(20)17-12-7-10(13(18)19)4-5-11(12)15/h4-5,7-9H,6H2,1-3H3,(H,18,19)(H2,16,17,20). The third-order valence-corrected chi connectivity index (χ3v) is 2.99. The molecule has 5 nitrogen and oxygen atoms in total. The lowest BCUT2D eigenvalue weighted by Crippen LogP contribution is -2.36. The lowest BCUT2D eigenvalue weighted by Gasteiger charge is -2.17. The van der Waals surface area contributed by atoms with Gasteiger partial charge in [0.15, 0.2) is 0 Å². The van der Waals surface area contributed by atoms with Crippen LogP contribution in [-0.4, -0.2) is 23.1 Å². The van der Waals surface area contributed by atoms with Gasteiger partial charge in [0.25, 0.3) is 0 Å². The van der Waals surface area contributed by atoms with E-state index in [-0.39, 0.29) is 17.3 Å². The first-order chi connectivity index (χ1) is 9.29. The molecule has 0 heterocycles. The van der Waals surface area contributed by atoms with Crippen LogP contribution in [0.4, 0.5) is 10.5 Å². The van der Waals surface area contributed by atoms with E-state index in [0.717, 1.165) is 6.42 Å². The van der Waals surface area contributed by atoms with E-state index in [9.17, 15) is 9.59 Å². The fraction of sp³-hybridized carbons (Fsp3) is 0.429. The number of anilines is 1. The van der Waals surface area contributed by atoms with Crippen molar-refractivity contribution in [1.82, 2.24) is 5.32 Å². The number of carbonyl (C=O) groups excluding carboxylic acids is 1. The minimum Gasteiger partial charge on any atom is -0.478 e. The molecular formula is C14H19ClN2O3. The molecule has 1 aromatic carbocycles. The van der Waals surface area contributed by atoms with Gasteiger partial charge >= 0.3 is 12.0 Å². The van der Waals surface area contributed by atoms with Crippen LogP contribution < -0.4 is 10.6 Å². The van der Waals surface area contributed by atoms with Crippen LogP contribution in [0.3, 0.4) is 0 Å². The van der Waals surface area contributed by atoms with Gasteiger partial charge in [-0.15, -0.1) is 0 Å². The van der Waals surface area contributed by atoms with E-state index < -0.39 is 12.0 Å². The quantitative estimate of drug-likeness (QED) is 0.777. The first-order valence-electron chi connectivity index (χ1n) is 6.40. The van der Waals surface area contributed by atoms with Crippen LogP contribution >= 0.6 is 11.6 Å². The first kappa shape index (κ1) is 16.3. The lowest BCUT2D eigenvalue weighted by molar-refractivity contribution is 0.0697. The van der Waals surface area contributed by atoms with Gasteiger partial charge in [0, 0.05) is 6.04 Å². The van der Waals surface area contributed by atoms with Gasteiger partial charge in [-0.1, -0.05) is 25.4 Å². The van der Waals surface area contributed by atoms with Gasteiger partial charge in [-0.05, 0) is 37.5 Å². The van der Waals surface area contributed by atoms with Crippen LogP contribution in [0.5, 0.6) is 0 Å². The summed E-state index contributed by atoms with van der Waals surface area (Å²) in [5.41, 5.74) is 0.348. The van der Waals surface area contributed by atoms with E-state index in [1.54, 1.807) is 0 Å². The van der Waals surface area contributed by atoms with E-state index in [4.69, 9.17) is 16.7 Å². The Morgan fingerprint density at radius 3 is 2.50 bits per heavy atom.